The van der Waals surface area contributed by atoms with Crippen molar-refractivity contribution in [1.82, 2.24) is 10.2 Å². The first kappa shape index (κ1) is 15.6. The van der Waals surface area contributed by atoms with Crippen LogP contribution in [0.3, 0.4) is 0 Å². The van der Waals surface area contributed by atoms with Gasteiger partial charge in [0.25, 0.3) is 0 Å². The third kappa shape index (κ3) is 3.86. The van der Waals surface area contributed by atoms with Crippen molar-refractivity contribution < 1.29 is 19.4 Å². The van der Waals surface area contributed by atoms with Crippen LogP contribution < -0.4 is 10.1 Å². The number of carbonyl (C=O) groups excluding carboxylic acids is 1. The highest BCUT2D eigenvalue weighted by Gasteiger charge is 2.31. The Morgan fingerprint density at radius 1 is 1.57 bits per heavy atom. The first-order valence-corrected chi connectivity index (χ1v) is 6.95. The number of carbonyl (C=O) groups is 2. The smallest absolute Gasteiger partial charge is 0.305 e. The number of methoxy groups -OCH3 is 1. The topological polar surface area (TPSA) is 78.9 Å². The zero-order valence-electron chi connectivity index (χ0n) is 11.6. The fourth-order valence-corrected chi connectivity index (χ4v) is 2.66. The normalized spacial score (nSPS) is 19.1. The lowest BCUT2D eigenvalue weighted by atomic mass is 10.1. The van der Waals surface area contributed by atoms with Crippen molar-refractivity contribution in [2.45, 2.75) is 19.0 Å². The van der Waals surface area contributed by atoms with E-state index in [-0.39, 0.29) is 12.3 Å². The Morgan fingerprint density at radius 2 is 2.33 bits per heavy atom. The molecule has 0 bridgehead atoms. The zero-order chi connectivity index (χ0) is 15.4. The van der Waals surface area contributed by atoms with E-state index in [0.717, 1.165) is 5.56 Å². The van der Waals surface area contributed by atoms with Crippen molar-refractivity contribution in [1.29, 1.82) is 0 Å². The maximum atomic E-state index is 11.8. The first-order chi connectivity index (χ1) is 10.0. The van der Waals surface area contributed by atoms with Crippen LogP contribution in [0.15, 0.2) is 18.2 Å². The SMILES string of the molecule is COc1ccc(CN2CCNC(=O)C2CC(=O)O)cc1Cl. The minimum absolute atomic E-state index is 0.213. The molecule has 1 unspecified atom stereocenters. The Hall–Kier alpha value is -1.79. The molecule has 2 rings (SSSR count). The first-order valence-electron chi connectivity index (χ1n) is 6.57. The van der Waals surface area contributed by atoms with Gasteiger partial charge in [0.1, 0.15) is 11.8 Å². The third-order valence-corrected chi connectivity index (χ3v) is 3.71. The molecule has 0 aromatic heterocycles. The number of hydrogen-bond acceptors (Lipinski definition) is 4. The highest BCUT2D eigenvalue weighted by molar-refractivity contribution is 6.32. The molecular formula is C14H17ClN2O4. The molecule has 1 aliphatic heterocycles. The van der Waals surface area contributed by atoms with Gasteiger partial charge < -0.3 is 15.2 Å². The minimum Gasteiger partial charge on any atom is -0.495 e. The van der Waals surface area contributed by atoms with E-state index in [4.69, 9.17) is 21.4 Å². The second-order valence-corrected chi connectivity index (χ2v) is 5.25. The lowest BCUT2D eigenvalue weighted by Gasteiger charge is -2.34. The lowest BCUT2D eigenvalue weighted by molar-refractivity contribution is -0.143. The van der Waals surface area contributed by atoms with E-state index in [1.807, 2.05) is 11.0 Å². The van der Waals surface area contributed by atoms with Gasteiger partial charge in [-0.1, -0.05) is 17.7 Å². The summed E-state index contributed by atoms with van der Waals surface area (Å²) < 4.78 is 5.09. The van der Waals surface area contributed by atoms with E-state index in [1.54, 1.807) is 19.2 Å². The van der Waals surface area contributed by atoms with Crippen LogP contribution in [0, 0.1) is 0 Å². The summed E-state index contributed by atoms with van der Waals surface area (Å²) in [6.07, 6.45) is -0.213. The molecule has 0 saturated carbocycles. The molecule has 1 aromatic carbocycles. The van der Waals surface area contributed by atoms with Crippen molar-refractivity contribution in [2.24, 2.45) is 0 Å². The fourth-order valence-electron chi connectivity index (χ4n) is 2.38. The third-order valence-electron chi connectivity index (χ3n) is 3.41. The van der Waals surface area contributed by atoms with Crippen molar-refractivity contribution >= 4 is 23.5 Å². The van der Waals surface area contributed by atoms with Gasteiger partial charge in [-0.15, -0.1) is 0 Å². The van der Waals surface area contributed by atoms with Crippen molar-refractivity contribution in [3.63, 3.8) is 0 Å². The van der Waals surface area contributed by atoms with Crippen LogP contribution in [-0.2, 0) is 16.1 Å². The monoisotopic (exact) mass is 312 g/mol. The number of aliphatic carboxylic acids is 1. The summed E-state index contributed by atoms with van der Waals surface area (Å²) in [4.78, 5) is 24.6. The van der Waals surface area contributed by atoms with Gasteiger partial charge in [-0.25, -0.2) is 0 Å². The van der Waals surface area contributed by atoms with Crippen molar-refractivity contribution in [3.05, 3.63) is 28.8 Å². The molecule has 1 fully saturated rings. The van der Waals surface area contributed by atoms with E-state index in [0.29, 0.717) is 30.4 Å². The van der Waals surface area contributed by atoms with Crippen LogP contribution in [0.5, 0.6) is 5.75 Å². The highest BCUT2D eigenvalue weighted by atomic mass is 35.5. The summed E-state index contributed by atoms with van der Waals surface area (Å²) >= 11 is 6.08. The second-order valence-electron chi connectivity index (χ2n) is 4.84. The summed E-state index contributed by atoms with van der Waals surface area (Å²) in [6.45, 7) is 1.58. The highest BCUT2D eigenvalue weighted by Crippen LogP contribution is 2.26. The molecule has 1 heterocycles. The van der Waals surface area contributed by atoms with Gasteiger partial charge in [-0.05, 0) is 17.7 Å². The quantitative estimate of drug-likeness (QED) is 0.852. The number of ether oxygens (including phenoxy) is 1. The van der Waals surface area contributed by atoms with E-state index in [9.17, 15) is 9.59 Å². The predicted molar refractivity (Wildman–Crippen MR) is 77.5 cm³/mol. The zero-order valence-corrected chi connectivity index (χ0v) is 12.4. The van der Waals surface area contributed by atoms with Gasteiger partial charge in [0, 0.05) is 19.6 Å². The number of amides is 1. The number of carboxylic acids is 1. The Balaban J connectivity index is 2.13. The number of piperazine rings is 1. The molecule has 1 atom stereocenters. The molecule has 21 heavy (non-hydrogen) atoms. The van der Waals surface area contributed by atoms with Gasteiger partial charge in [-0.3, -0.25) is 14.5 Å². The van der Waals surface area contributed by atoms with Crippen LogP contribution in [-0.4, -0.2) is 48.1 Å². The van der Waals surface area contributed by atoms with E-state index in [1.165, 1.54) is 0 Å². The fraction of sp³-hybridized carbons (Fsp3) is 0.429. The maximum absolute atomic E-state index is 11.8. The number of halogens is 1. The molecule has 1 aliphatic rings. The molecule has 0 aliphatic carbocycles. The largest absolute Gasteiger partial charge is 0.495 e. The average Bonchev–Trinajstić information content (AvgIpc) is 2.42. The van der Waals surface area contributed by atoms with Crippen LogP contribution in [0.2, 0.25) is 5.02 Å². The van der Waals surface area contributed by atoms with Crippen LogP contribution >= 0.6 is 11.6 Å². The number of carboxylic acid groups (broad SMARTS) is 1. The average molecular weight is 313 g/mol. The number of benzene rings is 1. The minimum atomic E-state index is -0.991. The molecule has 2 N–H and O–H groups in total. The Morgan fingerprint density at radius 3 is 2.95 bits per heavy atom. The standard InChI is InChI=1S/C14H17ClN2O4/c1-21-12-3-2-9(6-10(12)15)8-17-5-4-16-14(20)11(17)7-13(18)19/h2-3,6,11H,4-5,7-8H2,1H3,(H,16,20)(H,18,19). The molecule has 1 amide bonds. The summed E-state index contributed by atoms with van der Waals surface area (Å²) in [5, 5.41) is 12.1. The summed E-state index contributed by atoms with van der Waals surface area (Å²) in [7, 11) is 1.54. The van der Waals surface area contributed by atoms with Crippen LogP contribution in [0.4, 0.5) is 0 Å². The number of nitrogens with one attached hydrogen (secondary N) is 1. The van der Waals surface area contributed by atoms with Gasteiger partial charge in [0.05, 0.1) is 18.6 Å². The molecule has 1 saturated heterocycles. The maximum Gasteiger partial charge on any atom is 0.305 e. The molecule has 1 aromatic rings. The van der Waals surface area contributed by atoms with Crippen molar-refractivity contribution in [2.75, 3.05) is 20.2 Å². The van der Waals surface area contributed by atoms with Crippen molar-refractivity contribution in [3.8, 4) is 5.75 Å². The molecule has 0 spiro atoms. The lowest BCUT2D eigenvalue weighted by Crippen LogP contribution is -2.55. The van der Waals surface area contributed by atoms with Gasteiger partial charge in [-0.2, -0.15) is 0 Å². The Labute approximate surface area is 127 Å². The predicted octanol–water partition coefficient (Wildman–Crippen LogP) is 1.12. The van der Waals surface area contributed by atoms with Gasteiger partial charge in [0.15, 0.2) is 0 Å². The number of nitrogens with zero attached hydrogens (tertiary/aromatic N) is 1. The van der Waals surface area contributed by atoms with E-state index < -0.39 is 12.0 Å². The number of rotatable bonds is 5. The number of hydrogen-bond donors (Lipinski definition) is 2. The summed E-state index contributed by atoms with van der Waals surface area (Å²) in [5.74, 6) is -0.656. The second kappa shape index (κ2) is 6.78. The molecular weight excluding hydrogens is 296 g/mol. The Kier molecular flexibility index (Phi) is 5.03. The molecule has 6 nitrogen and oxygen atoms in total. The Bertz CT molecular complexity index is 550. The van der Waals surface area contributed by atoms with Gasteiger partial charge in [0.2, 0.25) is 5.91 Å². The van der Waals surface area contributed by atoms with Gasteiger partial charge >= 0.3 is 5.97 Å². The molecule has 7 heteroatoms. The summed E-state index contributed by atoms with van der Waals surface area (Å²) in [5.41, 5.74) is 0.908. The van der Waals surface area contributed by atoms with Crippen LogP contribution in [0.1, 0.15) is 12.0 Å². The van der Waals surface area contributed by atoms with E-state index in [2.05, 4.69) is 5.32 Å². The molecule has 0 radical (unpaired) electrons. The van der Waals surface area contributed by atoms with E-state index >= 15 is 0 Å². The summed E-state index contributed by atoms with van der Waals surface area (Å²) in [6, 6.07) is 4.73. The van der Waals surface area contributed by atoms with Crippen LogP contribution in [0.25, 0.3) is 0 Å². The molecule has 114 valence electrons.